The summed E-state index contributed by atoms with van der Waals surface area (Å²) in [5.41, 5.74) is 0.261. The number of piperazine rings is 1. The maximum Gasteiger partial charge on any atom is 0.416 e. The van der Waals surface area contributed by atoms with Gasteiger partial charge in [0.2, 0.25) is 0 Å². The molecule has 22 heavy (non-hydrogen) atoms. The van der Waals surface area contributed by atoms with Crippen LogP contribution in [0, 0.1) is 0 Å². The molecule has 0 saturated carbocycles. The summed E-state index contributed by atoms with van der Waals surface area (Å²) in [5.74, 6) is 0. The fourth-order valence-corrected chi connectivity index (χ4v) is 4.18. The smallest absolute Gasteiger partial charge is 0.369 e. The lowest BCUT2D eigenvalue weighted by Gasteiger charge is -2.35. The molecule has 1 aromatic heterocycles. The molecule has 2 heterocycles. The first-order valence-electron chi connectivity index (χ1n) is 6.91. The maximum absolute atomic E-state index is 12.6. The highest BCUT2D eigenvalue weighted by molar-refractivity contribution is 7.98. The van der Waals surface area contributed by atoms with Crippen LogP contribution >= 0.6 is 23.3 Å². The molecule has 1 fully saturated rings. The molecule has 1 aliphatic heterocycles. The zero-order valence-electron chi connectivity index (χ0n) is 11.7. The van der Waals surface area contributed by atoms with E-state index < -0.39 is 11.7 Å². The van der Waals surface area contributed by atoms with E-state index in [2.05, 4.69) is 20.7 Å². The molecule has 0 unspecified atom stereocenters. The minimum Gasteiger partial charge on any atom is -0.369 e. The predicted octanol–water partition coefficient (Wildman–Crippen LogP) is 4.60. The topological polar surface area (TPSA) is 6.48 Å². The fraction of sp³-hybridized carbons (Fsp3) is 0.333. The molecule has 1 aliphatic rings. The van der Waals surface area contributed by atoms with Gasteiger partial charge in [-0.25, -0.2) is 4.31 Å². The van der Waals surface area contributed by atoms with Gasteiger partial charge in [-0.15, -0.1) is 11.3 Å². The van der Waals surface area contributed by atoms with Gasteiger partial charge in [-0.05, 0) is 47.7 Å². The second kappa shape index (κ2) is 6.52. The number of hydrogen-bond donors (Lipinski definition) is 0. The normalized spacial score (nSPS) is 17.0. The molecule has 0 N–H and O–H groups in total. The molecular formula is C15H15F3N2S2. The van der Waals surface area contributed by atoms with E-state index in [0.717, 1.165) is 44.0 Å². The van der Waals surface area contributed by atoms with Crippen LogP contribution in [0.3, 0.4) is 0 Å². The van der Waals surface area contributed by atoms with Crippen LogP contribution in [0.25, 0.3) is 0 Å². The number of hydrogen-bond acceptors (Lipinski definition) is 4. The van der Waals surface area contributed by atoms with E-state index in [9.17, 15) is 13.2 Å². The van der Waals surface area contributed by atoms with Gasteiger partial charge in [-0.2, -0.15) is 13.2 Å². The molecule has 2 nitrogen and oxygen atoms in total. The zero-order valence-corrected chi connectivity index (χ0v) is 13.3. The van der Waals surface area contributed by atoms with E-state index in [0.29, 0.717) is 0 Å². The standard InChI is InChI=1S/C15H15F3N2S2/c16-15(17,18)12-3-5-13(6-4-12)19-7-9-20(10-8-19)22-14-2-1-11-21-14/h1-6,11H,7-10H2. The highest BCUT2D eigenvalue weighted by Crippen LogP contribution is 2.32. The Hall–Kier alpha value is -1.18. The summed E-state index contributed by atoms with van der Waals surface area (Å²) in [5, 5.41) is 2.06. The van der Waals surface area contributed by atoms with Crippen molar-refractivity contribution in [2.24, 2.45) is 0 Å². The van der Waals surface area contributed by atoms with E-state index >= 15 is 0 Å². The minimum atomic E-state index is -4.27. The van der Waals surface area contributed by atoms with E-state index in [1.165, 1.54) is 4.21 Å². The third kappa shape index (κ3) is 3.77. The summed E-state index contributed by atoms with van der Waals surface area (Å²) < 4.78 is 41.3. The van der Waals surface area contributed by atoms with Gasteiger partial charge in [0.1, 0.15) is 0 Å². The van der Waals surface area contributed by atoms with Crippen molar-refractivity contribution < 1.29 is 13.2 Å². The van der Waals surface area contributed by atoms with E-state index in [4.69, 9.17) is 0 Å². The number of alkyl halides is 3. The minimum absolute atomic E-state index is 0.594. The monoisotopic (exact) mass is 344 g/mol. The molecule has 0 aliphatic carbocycles. The lowest BCUT2D eigenvalue weighted by Crippen LogP contribution is -2.43. The van der Waals surface area contributed by atoms with Crippen LogP contribution in [0.2, 0.25) is 0 Å². The Balaban J connectivity index is 1.57. The average molecular weight is 344 g/mol. The first-order chi connectivity index (χ1) is 10.5. The van der Waals surface area contributed by atoms with Gasteiger partial charge in [0.05, 0.1) is 9.77 Å². The number of benzene rings is 1. The summed E-state index contributed by atoms with van der Waals surface area (Å²) in [6, 6.07) is 9.56. The van der Waals surface area contributed by atoms with Crippen molar-refractivity contribution in [3.8, 4) is 0 Å². The highest BCUT2D eigenvalue weighted by atomic mass is 32.2. The van der Waals surface area contributed by atoms with Crippen LogP contribution in [0.15, 0.2) is 46.0 Å². The van der Waals surface area contributed by atoms with Crippen molar-refractivity contribution in [2.45, 2.75) is 10.4 Å². The first kappa shape index (κ1) is 15.7. The molecule has 3 rings (SSSR count). The summed E-state index contributed by atoms with van der Waals surface area (Å²) in [7, 11) is 0. The highest BCUT2D eigenvalue weighted by Gasteiger charge is 2.30. The molecule has 2 aromatic rings. The molecule has 0 radical (unpaired) electrons. The third-order valence-corrected chi connectivity index (χ3v) is 5.63. The molecule has 0 amide bonds. The Morgan fingerprint density at radius 1 is 0.955 bits per heavy atom. The van der Waals surface area contributed by atoms with Crippen LogP contribution in [0.5, 0.6) is 0 Å². The Bertz CT molecular complexity index is 588. The molecule has 0 bridgehead atoms. The van der Waals surface area contributed by atoms with Gasteiger partial charge in [-0.1, -0.05) is 6.07 Å². The summed E-state index contributed by atoms with van der Waals surface area (Å²) in [6.07, 6.45) is -4.27. The largest absolute Gasteiger partial charge is 0.416 e. The Morgan fingerprint density at radius 2 is 1.64 bits per heavy atom. The number of nitrogens with zero attached hydrogens (tertiary/aromatic N) is 2. The van der Waals surface area contributed by atoms with Gasteiger partial charge >= 0.3 is 6.18 Å². The van der Waals surface area contributed by atoms with E-state index in [-0.39, 0.29) is 0 Å². The number of anilines is 1. The maximum atomic E-state index is 12.6. The molecule has 1 saturated heterocycles. The second-order valence-corrected chi connectivity index (χ2v) is 7.33. The Kier molecular flexibility index (Phi) is 4.65. The van der Waals surface area contributed by atoms with Crippen molar-refractivity contribution in [3.63, 3.8) is 0 Å². The van der Waals surface area contributed by atoms with Gasteiger partial charge in [-0.3, -0.25) is 0 Å². The van der Waals surface area contributed by atoms with Crippen LogP contribution in [0.4, 0.5) is 18.9 Å². The second-order valence-electron chi connectivity index (χ2n) is 4.98. The number of rotatable bonds is 3. The van der Waals surface area contributed by atoms with Crippen molar-refractivity contribution in [3.05, 3.63) is 47.3 Å². The summed E-state index contributed by atoms with van der Waals surface area (Å²) >= 11 is 3.47. The zero-order chi connectivity index (χ0) is 15.6. The lowest BCUT2D eigenvalue weighted by molar-refractivity contribution is -0.137. The molecular weight excluding hydrogens is 329 g/mol. The van der Waals surface area contributed by atoms with Crippen molar-refractivity contribution >= 4 is 29.0 Å². The number of halogens is 3. The van der Waals surface area contributed by atoms with Gasteiger partial charge in [0.15, 0.2) is 0 Å². The summed E-state index contributed by atoms with van der Waals surface area (Å²) in [6.45, 7) is 3.43. The SMILES string of the molecule is FC(F)(F)c1ccc(N2CCN(Sc3cccs3)CC2)cc1. The van der Waals surface area contributed by atoms with Crippen LogP contribution < -0.4 is 4.90 Å². The van der Waals surface area contributed by atoms with Crippen LogP contribution in [0.1, 0.15) is 5.56 Å². The van der Waals surface area contributed by atoms with Crippen molar-refractivity contribution in [2.75, 3.05) is 31.1 Å². The quantitative estimate of drug-likeness (QED) is 0.752. The molecule has 1 aromatic carbocycles. The predicted molar refractivity (Wildman–Crippen MR) is 85.4 cm³/mol. The lowest BCUT2D eigenvalue weighted by atomic mass is 10.2. The molecule has 118 valence electrons. The van der Waals surface area contributed by atoms with E-state index in [1.807, 2.05) is 6.07 Å². The van der Waals surface area contributed by atoms with Gasteiger partial charge in [0.25, 0.3) is 0 Å². The number of thiophene rings is 1. The molecule has 0 atom stereocenters. The van der Waals surface area contributed by atoms with Gasteiger partial charge in [0, 0.05) is 31.9 Å². The molecule has 7 heteroatoms. The first-order valence-corrected chi connectivity index (χ1v) is 8.56. The van der Waals surface area contributed by atoms with Crippen molar-refractivity contribution in [1.82, 2.24) is 4.31 Å². The average Bonchev–Trinajstić information content (AvgIpc) is 3.00. The van der Waals surface area contributed by atoms with Gasteiger partial charge < -0.3 is 4.90 Å². The van der Waals surface area contributed by atoms with Crippen LogP contribution in [-0.4, -0.2) is 30.5 Å². The molecule has 0 spiro atoms. The Morgan fingerprint density at radius 3 is 2.18 bits per heavy atom. The summed E-state index contributed by atoms with van der Waals surface area (Å²) in [4.78, 5) is 2.13. The van der Waals surface area contributed by atoms with Crippen molar-refractivity contribution in [1.29, 1.82) is 0 Å². The fourth-order valence-electron chi connectivity index (χ4n) is 2.34. The van der Waals surface area contributed by atoms with Crippen LogP contribution in [-0.2, 0) is 6.18 Å². The third-order valence-electron chi connectivity index (χ3n) is 3.51. The van der Waals surface area contributed by atoms with E-state index in [1.54, 1.807) is 35.4 Å². The Labute approximate surface area is 135 Å².